The SMILES string of the molecule is CCCCCCCC/C=C\CCCCCCCC(=O)OC[C@H](COP(=O)(O)CCNS(=O)(=O)c1ccc(-c2c3ccc(=[N+](CC)CC)cc-3oc3cc(N(CC)CC)ccc23)c(S(=O)(=O)[O-])c1)OC(=O)CCCCCCC/C=C\CCCCCCCC. The predicted molar refractivity (Wildman–Crippen MR) is 352 cm³/mol. The van der Waals surface area contributed by atoms with Crippen molar-refractivity contribution in [2.24, 2.45) is 0 Å². The zero-order chi connectivity index (χ0) is 63.3. The Morgan fingerprint density at radius 1 is 0.644 bits per heavy atom. The van der Waals surface area contributed by atoms with Gasteiger partial charge in [-0.3, -0.25) is 14.2 Å². The van der Waals surface area contributed by atoms with E-state index in [1.54, 1.807) is 12.1 Å². The second kappa shape index (κ2) is 41.6. The van der Waals surface area contributed by atoms with Crippen molar-refractivity contribution in [3.05, 3.63) is 84.3 Å². The van der Waals surface area contributed by atoms with E-state index in [2.05, 4.69) is 52.3 Å². The smallest absolute Gasteiger partial charge is 0.329 e. The summed E-state index contributed by atoms with van der Waals surface area (Å²) in [5.41, 5.74) is 2.10. The second-order valence-electron chi connectivity index (χ2n) is 22.8. The molecule has 0 saturated carbocycles. The van der Waals surface area contributed by atoms with E-state index in [1.807, 2.05) is 52.0 Å². The number of benzene rings is 3. The summed E-state index contributed by atoms with van der Waals surface area (Å²) >= 11 is 0. The number of hydrogen-bond donors (Lipinski definition) is 2. The van der Waals surface area contributed by atoms with Crippen LogP contribution in [0, 0.1) is 0 Å². The Bertz CT molecular complexity index is 3040. The quantitative estimate of drug-likeness (QED) is 0.00799. The van der Waals surface area contributed by atoms with Gasteiger partial charge in [-0.1, -0.05) is 147 Å². The standard InChI is InChI=1S/C68H106N3O13PS2/c1-7-13-15-17-19-21-23-25-27-29-31-33-35-37-39-41-66(72)81-54-58(83-67(73)42-40-38-36-34-32-30-28-26-24-22-20-18-16-14-8-2)55-82-85(74,75)50-49-69-86(76,77)59-45-48-62(65(53-59)87(78,79)80)68-60-46-43-56(70(9-3)10-4)51-63(60)84-64-52-57(44-47-61(64)68)71(11-5)12-6/h25-28,43-48,51-53,58,69H,7-24,29-42,49-50,54-55H2,1-6H3,(H-,74,75,78,79,80)/b27-25-,28-26-/t58-/m1/s1. The Morgan fingerprint density at radius 2 is 1.16 bits per heavy atom. The molecule has 2 N–H and O–H groups in total. The molecule has 0 saturated heterocycles. The fourth-order valence-corrected chi connectivity index (χ4v) is 13.7. The Labute approximate surface area is 522 Å². The van der Waals surface area contributed by atoms with Gasteiger partial charge in [-0.05, 0) is 122 Å². The molecule has 4 rings (SSSR count). The van der Waals surface area contributed by atoms with Gasteiger partial charge in [-0.15, -0.1) is 0 Å². The van der Waals surface area contributed by atoms with Crippen molar-refractivity contribution in [2.75, 3.05) is 57.0 Å². The van der Waals surface area contributed by atoms with E-state index < -0.39 is 81.5 Å². The van der Waals surface area contributed by atoms with Gasteiger partial charge in [0.15, 0.2) is 6.10 Å². The topological polar surface area (TPSA) is 222 Å². The fraction of sp³-hybridized carbons (Fsp3) is 0.632. The Hall–Kier alpha value is -4.68. The molecule has 1 heterocycles. The molecule has 0 aromatic heterocycles. The lowest BCUT2D eigenvalue weighted by Gasteiger charge is -2.23. The van der Waals surface area contributed by atoms with Crippen molar-refractivity contribution >= 4 is 56.3 Å². The van der Waals surface area contributed by atoms with Crippen LogP contribution in [0.5, 0.6) is 0 Å². The lowest BCUT2D eigenvalue weighted by molar-refractivity contribution is -0.161. The van der Waals surface area contributed by atoms with Crippen LogP contribution < -0.4 is 19.6 Å². The van der Waals surface area contributed by atoms with Gasteiger partial charge in [0, 0.05) is 72.4 Å². The number of carbonyl (C=O) groups excluding carboxylic acids is 2. The molecule has 0 radical (unpaired) electrons. The van der Waals surface area contributed by atoms with Gasteiger partial charge in [0.05, 0.1) is 28.6 Å². The first-order chi connectivity index (χ1) is 41.9. The van der Waals surface area contributed by atoms with Crippen LogP contribution in [-0.4, -0.2) is 96.4 Å². The Balaban J connectivity index is 1.39. The predicted octanol–water partition coefficient (Wildman–Crippen LogP) is 15.8. The van der Waals surface area contributed by atoms with Crippen LogP contribution in [0.25, 0.3) is 33.4 Å². The first kappa shape index (κ1) is 74.8. The molecule has 0 amide bonds. The number of hydrogen-bond acceptors (Lipinski definition) is 13. The van der Waals surface area contributed by atoms with Crippen molar-refractivity contribution in [3.8, 4) is 22.5 Å². The van der Waals surface area contributed by atoms with Crippen LogP contribution in [0.1, 0.15) is 221 Å². The van der Waals surface area contributed by atoms with Crippen LogP contribution in [0.15, 0.2) is 93.1 Å². The maximum Gasteiger partial charge on any atom is 0.329 e. The highest BCUT2D eigenvalue weighted by Crippen LogP contribution is 2.44. The van der Waals surface area contributed by atoms with Gasteiger partial charge in [-0.25, -0.2) is 26.1 Å². The van der Waals surface area contributed by atoms with E-state index in [-0.39, 0.29) is 18.4 Å². The highest BCUT2D eigenvalue weighted by molar-refractivity contribution is 7.89. The summed E-state index contributed by atoms with van der Waals surface area (Å²) in [5, 5.41) is 1.36. The highest BCUT2D eigenvalue weighted by atomic mass is 32.2. The lowest BCUT2D eigenvalue weighted by Crippen LogP contribution is -2.30. The average molecular weight is 1270 g/mol. The summed E-state index contributed by atoms with van der Waals surface area (Å²) in [5.74, 6) is -0.647. The normalized spacial score (nSPS) is 13.2. The molecule has 87 heavy (non-hydrogen) atoms. The van der Waals surface area contributed by atoms with Crippen molar-refractivity contribution in [1.29, 1.82) is 0 Å². The largest absolute Gasteiger partial charge is 0.744 e. The molecule has 19 heteroatoms. The van der Waals surface area contributed by atoms with Gasteiger partial charge in [0.25, 0.3) is 0 Å². The van der Waals surface area contributed by atoms with E-state index in [0.29, 0.717) is 66.9 Å². The first-order valence-electron chi connectivity index (χ1n) is 33.0. The molecule has 2 aliphatic rings. The Kier molecular flexibility index (Phi) is 35.7. The summed E-state index contributed by atoms with van der Waals surface area (Å²) in [7, 11) is -14.5. The maximum atomic E-state index is 13.8. The molecule has 2 aromatic rings. The summed E-state index contributed by atoms with van der Waals surface area (Å²) in [6, 6.07) is 14.3. The molecule has 2 atom stereocenters. The van der Waals surface area contributed by atoms with Gasteiger partial charge >= 0.3 is 19.5 Å². The van der Waals surface area contributed by atoms with Gasteiger partial charge < -0.3 is 32.8 Å². The number of fused-ring (bicyclic) bond motifs is 2. The molecular formula is C68H106N3O13PS2. The van der Waals surface area contributed by atoms with E-state index >= 15 is 0 Å². The monoisotopic (exact) mass is 1270 g/mol. The zero-order valence-electron chi connectivity index (χ0n) is 53.5. The highest BCUT2D eigenvalue weighted by Gasteiger charge is 2.28. The van der Waals surface area contributed by atoms with Gasteiger partial charge in [-0.2, -0.15) is 0 Å². The number of allylic oxidation sites excluding steroid dienone is 4. The van der Waals surface area contributed by atoms with Crippen molar-refractivity contribution in [2.45, 2.75) is 237 Å². The van der Waals surface area contributed by atoms with E-state index in [4.69, 9.17) is 18.4 Å². The minimum absolute atomic E-state index is 0.0362. The molecule has 1 aliphatic carbocycles. The summed E-state index contributed by atoms with van der Waals surface area (Å²) in [6.45, 7) is 13.8. The minimum atomic E-state index is -5.34. The van der Waals surface area contributed by atoms with Crippen molar-refractivity contribution < 1.29 is 58.9 Å². The van der Waals surface area contributed by atoms with Crippen LogP contribution in [0.3, 0.4) is 0 Å². The summed E-state index contributed by atoms with van der Waals surface area (Å²) in [4.78, 5) is 37.7. The summed E-state index contributed by atoms with van der Waals surface area (Å²) < 4.78 is 108. The second-order valence-corrected chi connectivity index (χ2v) is 27.9. The third kappa shape index (κ3) is 27.9. The summed E-state index contributed by atoms with van der Waals surface area (Å²) in [6.07, 6.45) is 36.2. The molecule has 16 nitrogen and oxygen atoms in total. The van der Waals surface area contributed by atoms with E-state index in [1.165, 1.54) is 89.2 Å². The van der Waals surface area contributed by atoms with Gasteiger partial charge in [0.2, 0.25) is 15.4 Å². The van der Waals surface area contributed by atoms with Crippen LogP contribution in [0.4, 0.5) is 5.69 Å². The van der Waals surface area contributed by atoms with E-state index in [9.17, 15) is 40.4 Å². The molecule has 1 aliphatic heterocycles. The van der Waals surface area contributed by atoms with Crippen molar-refractivity contribution in [3.63, 3.8) is 0 Å². The number of sulfonamides is 1. The molecular weight excluding hydrogens is 1160 g/mol. The van der Waals surface area contributed by atoms with Crippen LogP contribution in [0.2, 0.25) is 0 Å². The number of carbonyl (C=O) groups is 2. The molecule has 0 spiro atoms. The number of ether oxygens (including phenoxy) is 2. The Morgan fingerprint density at radius 3 is 1.69 bits per heavy atom. The first-order valence-corrected chi connectivity index (χ1v) is 37.6. The maximum absolute atomic E-state index is 13.8. The molecule has 2 aromatic carbocycles. The number of nitrogens with zero attached hydrogens (tertiary/aromatic N) is 2. The third-order valence-electron chi connectivity index (χ3n) is 15.9. The van der Waals surface area contributed by atoms with Gasteiger partial charge in [0.1, 0.15) is 41.2 Å². The van der Waals surface area contributed by atoms with Crippen LogP contribution >= 0.6 is 7.60 Å². The third-order valence-corrected chi connectivity index (χ3v) is 19.6. The molecule has 1 unspecified atom stereocenters. The fourth-order valence-electron chi connectivity index (χ4n) is 10.8. The molecule has 0 bridgehead atoms. The zero-order valence-corrected chi connectivity index (χ0v) is 56.1. The average Bonchev–Trinajstić information content (AvgIpc) is 0.771. The number of nitrogens with one attached hydrogen (secondary N) is 1. The van der Waals surface area contributed by atoms with E-state index in [0.717, 1.165) is 94.2 Å². The van der Waals surface area contributed by atoms with Crippen molar-refractivity contribution in [1.82, 2.24) is 9.30 Å². The molecule has 0 fully saturated rings. The number of esters is 2. The lowest BCUT2D eigenvalue weighted by atomic mass is 9.93. The molecule has 488 valence electrons. The number of unbranched alkanes of at least 4 members (excludes halogenated alkanes) is 22. The van der Waals surface area contributed by atoms with Crippen LogP contribution in [-0.2, 0) is 48.3 Å². The number of rotatable bonds is 48. The minimum Gasteiger partial charge on any atom is -0.744 e. The number of anilines is 1.